The van der Waals surface area contributed by atoms with E-state index in [0.717, 1.165) is 21.2 Å². The van der Waals surface area contributed by atoms with Crippen LogP contribution in [0.25, 0.3) is 10.2 Å². The van der Waals surface area contributed by atoms with Crippen LogP contribution in [0.2, 0.25) is 5.28 Å². The molecule has 2 atom stereocenters. The molecule has 2 unspecified atom stereocenters. The first-order valence-corrected chi connectivity index (χ1v) is 8.43. The van der Waals surface area contributed by atoms with Crippen LogP contribution in [0.3, 0.4) is 0 Å². The molecule has 0 saturated heterocycles. The highest BCUT2D eigenvalue weighted by atomic mass is 35.5. The number of thiophene rings is 1. The number of halogens is 1. The SMILES string of the molecule is CC1CCCC(Sc2nc(Cl)nc3sccc23)C1. The molecule has 0 radical (unpaired) electrons. The molecule has 1 aliphatic rings. The summed E-state index contributed by atoms with van der Waals surface area (Å²) in [6.45, 7) is 2.35. The van der Waals surface area contributed by atoms with E-state index in [2.05, 4.69) is 28.3 Å². The third-order valence-electron chi connectivity index (χ3n) is 3.43. The van der Waals surface area contributed by atoms with Crippen LogP contribution < -0.4 is 0 Å². The standard InChI is InChI=1S/C13H15ClN2S2/c1-8-3-2-4-9(7-8)18-12-10-5-6-17-11(10)15-13(14)16-12/h5-6,8-9H,2-4,7H2,1H3. The lowest BCUT2D eigenvalue weighted by atomic mass is 9.91. The minimum Gasteiger partial charge on any atom is -0.211 e. The Morgan fingerprint density at radius 1 is 1.39 bits per heavy atom. The molecule has 2 aromatic rings. The first kappa shape index (κ1) is 12.7. The molecule has 96 valence electrons. The smallest absolute Gasteiger partial charge is 0.211 e. The number of aromatic nitrogens is 2. The first-order valence-electron chi connectivity index (χ1n) is 6.30. The molecule has 0 spiro atoms. The number of hydrogen-bond donors (Lipinski definition) is 0. The van der Waals surface area contributed by atoms with Crippen LogP contribution in [0.4, 0.5) is 0 Å². The van der Waals surface area contributed by atoms with Gasteiger partial charge in [-0.05, 0) is 41.8 Å². The van der Waals surface area contributed by atoms with Crippen LogP contribution in [0.1, 0.15) is 32.6 Å². The zero-order valence-electron chi connectivity index (χ0n) is 10.2. The Morgan fingerprint density at radius 2 is 2.28 bits per heavy atom. The minimum absolute atomic E-state index is 0.372. The summed E-state index contributed by atoms with van der Waals surface area (Å²) in [5.74, 6) is 0.839. The van der Waals surface area contributed by atoms with Gasteiger partial charge in [0.05, 0.1) is 0 Å². The molecule has 0 N–H and O–H groups in total. The van der Waals surface area contributed by atoms with Gasteiger partial charge < -0.3 is 0 Å². The van der Waals surface area contributed by atoms with E-state index in [9.17, 15) is 0 Å². The van der Waals surface area contributed by atoms with Gasteiger partial charge in [0.25, 0.3) is 0 Å². The predicted molar refractivity (Wildman–Crippen MR) is 79.7 cm³/mol. The fraction of sp³-hybridized carbons (Fsp3) is 0.538. The van der Waals surface area contributed by atoms with Gasteiger partial charge in [-0.3, -0.25) is 0 Å². The van der Waals surface area contributed by atoms with E-state index in [-0.39, 0.29) is 0 Å². The van der Waals surface area contributed by atoms with Crippen LogP contribution in [0.15, 0.2) is 16.5 Å². The summed E-state index contributed by atoms with van der Waals surface area (Å²) in [6, 6.07) is 2.10. The Kier molecular flexibility index (Phi) is 3.78. The second kappa shape index (κ2) is 5.35. The lowest BCUT2D eigenvalue weighted by Gasteiger charge is -2.25. The minimum atomic E-state index is 0.372. The number of hydrogen-bond acceptors (Lipinski definition) is 4. The molecule has 0 aliphatic heterocycles. The summed E-state index contributed by atoms with van der Waals surface area (Å²) < 4.78 is 0. The topological polar surface area (TPSA) is 25.8 Å². The van der Waals surface area contributed by atoms with Crippen molar-refractivity contribution in [3.63, 3.8) is 0 Å². The Balaban J connectivity index is 1.87. The van der Waals surface area contributed by atoms with E-state index in [1.807, 2.05) is 11.8 Å². The Morgan fingerprint density at radius 3 is 3.11 bits per heavy atom. The summed E-state index contributed by atoms with van der Waals surface area (Å²) in [5.41, 5.74) is 0. The van der Waals surface area contributed by atoms with Gasteiger partial charge in [0.15, 0.2) is 0 Å². The van der Waals surface area contributed by atoms with Crippen LogP contribution in [-0.4, -0.2) is 15.2 Å². The van der Waals surface area contributed by atoms with Crippen molar-refractivity contribution < 1.29 is 0 Å². The van der Waals surface area contributed by atoms with Gasteiger partial charge in [0.2, 0.25) is 5.28 Å². The molecular formula is C13H15ClN2S2. The second-order valence-corrected chi connectivity index (χ2v) is 7.47. The Hall–Kier alpha value is -0.320. The van der Waals surface area contributed by atoms with Gasteiger partial charge in [0, 0.05) is 10.6 Å². The monoisotopic (exact) mass is 298 g/mol. The van der Waals surface area contributed by atoms with Crippen molar-refractivity contribution in [3.8, 4) is 0 Å². The maximum absolute atomic E-state index is 6.00. The summed E-state index contributed by atoms with van der Waals surface area (Å²) in [5, 5.41) is 5.33. The van der Waals surface area contributed by atoms with E-state index in [4.69, 9.17) is 11.6 Å². The average Bonchev–Trinajstić information content (AvgIpc) is 2.77. The zero-order chi connectivity index (χ0) is 12.5. The molecule has 2 nitrogen and oxygen atoms in total. The van der Waals surface area contributed by atoms with Crippen LogP contribution in [-0.2, 0) is 0 Å². The lowest BCUT2D eigenvalue weighted by Crippen LogP contribution is -2.15. The van der Waals surface area contributed by atoms with Crippen LogP contribution in [0.5, 0.6) is 0 Å². The van der Waals surface area contributed by atoms with Crippen molar-refractivity contribution >= 4 is 44.9 Å². The van der Waals surface area contributed by atoms with E-state index in [0.29, 0.717) is 10.5 Å². The largest absolute Gasteiger partial charge is 0.224 e. The van der Waals surface area contributed by atoms with Gasteiger partial charge in [-0.1, -0.05) is 19.8 Å². The molecule has 3 rings (SSSR count). The Bertz CT molecular complexity index is 555. The summed E-state index contributed by atoms with van der Waals surface area (Å²) in [4.78, 5) is 9.68. The lowest BCUT2D eigenvalue weighted by molar-refractivity contribution is 0.394. The first-order chi connectivity index (χ1) is 8.72. The van der Waals surface area contributed by atoms with E-state index in [1.165, 1.54) is 25.7 Å². The van der Waals surface area contributed by atoms with Crippen molar-refractivity contribution in [2.75, 3.05) is 0 Å². The van der Waals surface area contributed by atoms with Crippen molar-refractivity contribution in [1.29, 1.82) is 0 Å². The molecule has 0 bridgehead atoms. The van der Waals surface area contributed by atoms with Crippen LogP contribution in [0, 0.1) is 5.92 Å². The van der Waals surface area contributed by atoms with Gasteiger partial charge >= 0.3 is 0 Å². The predicted octanol–water partition coefficient (Wildman–Crippen LogP) is 5.02. The number of fused-ring (bicyclic) bond motifs is 1. The Labute approximate surface area is 120 Å². The highest BCUT2D eigenvalue weighted by molar-refractivity contribution is 8.00. The molecule has 1 fully saturated rings. The third-order valence-corrected chi connectivity index (χ3v) is 5.70. The molecule has 1 saturated carbocycles. The van der Waals surface area contributed by atoms with Crippen molar-refractivity contribution in [2.24, 2.45) is 5.92 Å². The van der Waals surface area contributed by atoms with Crippen molar-refractivity contribution in [1.82, 2.24) is 9.97 Å². The summed E-state index contributed by atoms with van der Waals surface area (Å²) in [6.07, 6.45) is 5.29. The molecule has 0 amide bonds. The molecule has 0 aromatic carbocycles. The third kappa shape index (κ3) is 2.65. The maximum atomic E-state index is 6.00. The van der Waals surface area contributed by atoms with E-state index < -0.39 is 0 Å². The molecular weight excluding hydrogens is 284 g/mol. The molecule has 18 heavy (non-hydrogen) atoms. The van der Waals surface area contributed by atoms with Gasteiger partial charge in [0.1, 0.15) is 9.86 Å². The quantitative estimate of drug-likeness (QED) is 0.575. The average molecular weight is 299 g/mol. The molecule has 2 aromatic heterocycles. The number of thioether (sulfide) groups is 1. The van der Waals surface area contributed by atoms with E-state index in [1.54, 1.807) is 11.3 Å². The van der Waals surface area contributed by atoms with Crippen molar-refractivity contribution in [3.05, 3.63) is 16.7 Å². The number of nitrogens with zero attached hydrogens (tertiary/aromatic N) is 2. The molecule has 2 heterocycles. The maximum Gasteiger partial charge on any atom is 0.224 e. The van der Waals surface area contributed by atoms with Crippen molar-refractivity contribution in [2.45, 2.75) is 42.9 Å². The molecule has 1 aliphatic carbocycles. The van der Waals surface area contributed by atoms with Gasteiger partial charge in [-0.2, -0.15) is 0 Å². The fourth-order valence-electron chi connectivity index (χ4n) is 2.54. The second-order valence-electron chi connectivity index (χ2n) is 4.95. The highest BCUT2D eigenvalue weighted by Gasteiger charge is 2.21. The van der Waals surface area contributed by atoms with E-state index >= 15 is 0 Å². The summed E-state index contributed by atoms with van der Waals surface area (Å²) >= 11 is 9.52. The summed E-state index contributed by atoms with van der Waals surface area (Å²) in [7, 11) is 0. The van der Waals surface area contributed by atoms with Gasteiger partial charge in [-0.15, -0.1) is 23.1 Å². The molecule has 5 heteroatoms. The van der Waals surface area contributed by atoms with Crippen LogP contribution >= 0.6 is 34.7 Å². The fourth-order valence-corrected chi connectivity index (χ4v) is 5.09. The number of rotatable bonds is 2. The van der Waals surface area contributed by atoms with Gasteiger partial charge in [-0.25, -0.2) is 9.97 Å². The highest BCUT2D eigenvalue weighted by Crippen LogP contribution is 2.38. The zero-order valence-corrected chi connectivity index (χ0v) is 12.6. The normalized spacial score (nSPS) is 24.6.